The van der Waals surface area contributed by atoms with Crippen LogP contribution in [0.4, 0.5) is 10.1 Å². The summed E-state index contributed by atoms with van der Waals surface area (Å²) >= 11 is 0. The molecule has 4 amide bonds. The average molecular weight is 493 g/mol. The highest BCUT2D eigenvalue weighted by molar-refractivity contribution is 6.25. The number of nitrogens with zero attached hydrogens (tertiary/aromatic N) is 2. The quantitative estimate of drug-likeness (QED) is 0.591. The maximum Gasteiger partial charge on any atom is 0.264 e. The highest BCUT2D eigenvalue weighted by Crippen LogP contribution is 2.38. The molecule has 9 nitrogen and oxygen atoms in total. The zero-order valence-corrected chi connectivity index (χ0v) is 19.5. The van der Waals surface area contributed by atoms with Gasteiger partial charge in [0.25, 0.3) is 11.8 Å². The lowest BCUT2D eigenvalue weighted by Crippen LogP contribution is -2.65. The molecule has 1 spiro atoms. The fourth-order valence-electron chi connectivity index (χ4n) is 5.53. The van der Waals surface area contributed by atoms with E-state index >= 15 is 0 Å². The van der Waals surface area contributed by atoms with Gasteiger partial charge in [-0.25, -0.2) is 4.39 Å². The Morgan fingerprint density at radius 2 is 1.89 bits per heavy atom. The molecule has 2 N–H and O–H groups in total. The molecule has 0 saturated carbocycles. The Hall–Kier alpha value is -3.63. The number of rotatable bonds is 6. The number of hydrogen-bond donors (Lipinski definition) is 2. The molecule has 2 aromatic carbocycles. The van der Waals surface area contributed by atoms with E-state index in [1.54, 1.807) is 18.2 Å². The Morgan fingerprint density at radius 1 is 1.08 bits per heavy atom. The largest absolute Gasteiger partial charge is 0.380 e. The van der Waals surface area contributed by atoms with Crippen LogP contribution in [0.1, 0.15) is 44.7 Å². The van der Waals surface area contributed by atoms with Gasteiger partial charge >= 0.3 is 0 Å². The van der Waals surface area contributed by atoms with Gasteiger partial charge in [-0.1, -0.05) is 18.2 Å². The van der Waals surface area contributed by atoms with Crippen LogP contribution in [0.5, 0.6) is 0 Å². The number of hydrogen-bond acceptors (Lipinski definition) is 7. The summed E-state index contributed by atoms with van der Waals surface area (Å²) in [5.74, 6) is -2.61. The van der Waals surface area contributed by atoms with Gasteiger partial charge in [-0.05, 0) is 30.2 Å². The highest BCUT2D eigenvalue weighted by atomic mass is 19.1. The zero-order valence-electron chi connectivity index (χ0n) is 19.5. The minimum Gasteiger partial charge on any atom is -0.380 e. The van der Waals surface area contributed by atoms with Crippen LogP contribution in [0.15, 0.2) is 36.4 Å². The maximum absolute atomic E-state index is 14.9. The third kappa shape index (κ3) is 3.77. The highest BCUT2D eigenvalue weighted by Gasteiger charge is 2.48. The second kappa shape index (κ2) is 8.49. The third-order valence-corrected chi connectivity index (χ3v) is 7.40. The summed E-state index contributed by atoms with van der Waals surface area (Å²) in [5.41, 5.74) is 2.35. The molecular weight excluding hydrogens is 467 g/mol. The van der Waals surface area contributed by atoms with Crippen LogP contribution < -0.4 is 10.6 Å². The van der Waals surface area contributed by atoms with Crippen molar-refractivity contribution in [3.63, 3.8) is 0 Å². The molecule has 0 aliphatic carbocycles. The van der Waals surface area contributed by atoms with E-state index in [4.69, 9.17) is 4.74 Å². The van der Waals surface area contributed by atoms with Crippen molar-refractivity contribution in [3.05, 3.63) is 64.5 Å². The normalized spacial score (nSPS) is 22.8. The lowest BCUT2D eigenvalue weighted by Gasteiger charge is -2.55. The minimum absolute atomic E-state index is 0.0528. The summed E-state index contributed by atoms with van der Waals surface area (Å²) in [4.78, 5) is 53.1. The predicted octanol–water partition coefficient (Wildman–Crippen LogP) is 1.67. The standard InChI is InChI=1S/C26H25FN4O5/c27-18-8-15(10-30-11-26(12-30)13-36-14-26)4-5-16(18)9-28-19-3-1-2-17-22(19)25(35)31(24(17)34)20-6-7-21(32)29-23(20)33/h1-5,8,20,28H,6-7,9-14H2,(H,29,32,33). The molecule has 36 heavy (non-hydrogen) atoms. The van der Waals surface area contributed by atoms with Gasteiger partial charge in [0.2, 0.25) is 11.8 Å². The first-order valence-corrected chi connectivity index (χ1v) is 12.0. The van der Waals surface area contributed by atoms with Crippen molar-refractivity contribution in [3.8, 4) is 0 Å². The van der Waals surface area contributed by atoms with E-state index in [2.05, 4.69) is 15.5 Å². The van der Waals surface area contributed by atoms with Crippen LogP contribution in [0, 0.1) is 11.2 Å². The summed E-state index contributed by atoms with van der Waals surface area (Å²) in [6, 6.07) is 8.93. The molecule has 4 aliphatic rings. The van der Waals surface area contributed by atoms with Crippen LogP contribution in [0.3, 0.4) is 0 Å². The number of halogens is 1. The van der Waals surface area contributed by atoms with Gasteiger partial charge in [0, 0.05) is 49.3 Å². The van der Waals surface area contributed by atoms with Crippen LogP contribution in [0.2, 0.25) is 0 Å². The fourth-order valence-corrected chi connectivity index (χ4v) is 5.53. The number of ether oxygens (including phenoxy) is 1. The van der Waals surface area contributed by atoms with Gasteiger partial charge in [0.05, 0.1) is 24.3 Å². The molecule has 3 saturated heterocycles. The lowest BCUT2D eigenvalue weighted by molar-refractivity contribution is -0.191. The number of imide groups is 2. The molecule has 1 atom stereocenters. The first-order valence-electron chi connectivity index (χ1n) is 12.0. The summed E-state index contributed by atoms with van der Waals surface area (Å²) in [6.07, 6.45) is 0.139. The smallest absolute Gasteiger partial charge is 0.264 e. The second-order valence-corrected chi connectivity index (χ2v) is 10.1. The maximum atomic E-state index is 14.9. The zero-order chi connectivity index (χ0) is 25.0. The van der Waals surface area contributed by atoms with E-state index in [1.807, 2.05) is 6.07 Å². The number of nitrogens with one attached hydrogen (secondary N) is 2. The van der Waals surface area contributed by atoms with Crippen LogP contribution in [0.25, 0.3) is 0 Å². The first-order chi connectivity index (χ1) is 17.3. The molecule has 186 valence electrons. The van der Waals surface area contributed by atoms with E-state index in [9.17, 15) is 23.6 Å². The SMILES string of the molecule is O=C1CCC(N2C(=O)c3cccc(NCc4ccc(CN5CC6(COC6)C5)cc4F)c3C2=O)C(=O)N1. The average Bonchev–Trinajstić information content (AvgIpc) is 3.05. The molecule has 1 unspecified atom stereocenters. The molecule has 4 heterocycles. The number of fused-ring (bicyclic) bond motifs is 1. The molecule has 6 rings (SSSR count). The van der Waals surface area contributed by atoms with Gasteiger partial charge in [-0.2, -0.15) is 0 Å². The molecule has 0 bridgehead atoms. The van der Waals surface area contributed by atoms with Gasteiger partial charge in [-0.3, -0.25) is 34.3 Å². The number of anilines is 1. The Kier molecular flexibility index (Phi) is 5.38. The van der Waals surface area contributed by atoms with Crippen molar-refractivity contribution in [2.45, 2.75) is 32.0 Å². The van der Waals surface area contributed by atoms with Crippen molar-refractivity contribution in [2.24, 2.45) is 5.41 Å². The molecule has 3 fully saturated rings. The second-order valence-electron chi connectivity index (χ2n) is 10.1. The third-order valence-electron chi connectivity index (χ3n) is 7.40. The Labute approximate surface area is 206 Å². The number of likely N-dealkylation sites (tertiary alicyclic amines) is 1. The van der Waals surface area contributed by atoms with E-state index in [1.165, 1.54) is 12.1 Å². The molecule has 2 aromatic rings. The predicted molar refractivity (Wildman–Crippen MR) is 125 cm³/mol. The molecular formula is C26H25FN4O5. The number of carbonyl (C=O) groups excluding carboxylic acids is 4. The topological polar surface area (TPSA) is 108 Å². The van der Waals surface area contributed by atoms with Crippen LogP contribution in [-0.4, -0.2) is 65.8 Å². The number of benzene rings is 2. The van der Waals surface area contributed by atoms with Crippen molar-refractivity contribution in [1.29, 1.82) is 0 Å². The van der Waals surface area contributed by atoms with Gasteiger partial charge in [-0.15, -0.1) is 0 Å². The van der Waals surface area contributed by atoms with Gasteiger partial charge in [0.15, 0.2) is 0 Å². The summed E-state index contributed by atoms with van der Waals surface area (Å²) < 4.78 is 20.2. The van der Waals surface area contributed by atoms with Gasteiger partial charge in [0.1, 0.15) is 11.9 Å². The van der Waals surface area contributed by atoms with Crippen molar-refractivity contribution < 1.29 is 28.3 Å². The number of piperidine rings is 1. The van der Waals surface area contributed by atoms with E-state index < -0.39 is 29.7 Å². The Bertz CT molecular complexity index is 1300. The molecule has 10 heteroatoms. The minimum atomic E-state index is -1.04. The number of carbonyl (C=O) groups is 4. The van der Waals surface area contributed by atoms with Crippen LogP contribution >= 0.6 is 0 Å². The van der Waals surface area contributed by atoms with E-state index in [-0.39, 0.29) is 36.3 Å². The van der Waals surface area contributed by atoms with Crippen molar-refractivity contribution in [1.82, 2.24) is 15.1 Å². The van der Waals surface area contributed by atoms with Crippen LogP contribution in [-0.2, 0) is 27.4 Å². The summed E-state index contributed by atoms with van der Waals surface area (Å²) in [7, 11) is 0. The summed E-state index contributed by atoms with van der Waals surface area (Å²) in [5, 5.41) is 5.27. The Morgan fingerprint density at radius 3 is 2.58 bits per heavy atom. The number of amides is 4. The monoisotopic (exact) mass is 492 g/mol. The van der Waals surface area contributed by atoms with E-state index in [0.717, 1.165) is 36.8 Å². The van der Waals surface area contributed by atoms with Gasteiger partial charge < -0.3 is 10.1 Å². The first kappa shape index (κ1) is 22.8. The summed E-state index contributed by atoms with van der Waals surface area (Å²) in [6.45, 7) is 4.37. The van der Waals surface area contributed by atoms with Crippen molar-refractivity contribution in [2.75, 3.05) is 31.6 Å². The molecule has 0 radical (unpaired) electrons. The van der Waals surface area contributed by atoms with E-state index in [0.29, 0.717) is 23.2 Å². The Balaban J connectivity index is 1.14. The van der Waals surface area contributed by atoms with Crippen molar-refractivity contribution >= 4 is 29.3 Å². The lowest BCUT2D eigenvalue weighted by atomic mass is 9.78. The molecule has 0 aromatic heterocycles. The molecule has 4 aliphatic heterocycles. The fraction of sp³-hybridized carbons (Fsp3) is 0.385.